The van der Waals surface area contributed by atoms with Gasteiger partial charge in [-0.15, -0.1) is 0 Å². The Balaban J connectivity index is 1.96. The molecule has 26 heavy (non-hydrogen) atoms. The van der Waals surface area contributed by atoms with Crippen LogP contribution in [0, 0.1) is 0 Å². The summed E-state index contributed by atoms with van der Waals surface area (Å²) < 4.78 is 11.5. The molecule has 6 nitrogen and oxygen atoms in total. The zero-order chi connectivity index (χ0) is 18.8. The van der Waals surface area contributed by atoms with E-state index in [-0.39, 0.29) is 18.7 Å². The minimum Gasteiger partial charge on any atom is -0.490 e. The molecule has 0 saturated carbocycles. The Bertz CT molecular complexity index is 730. The van der Waals surface area contributed by atoms with Crippen LogP contribution in [0.3, 0.4) is 0 Å². The second-order valence-corrected chi connectivity index (χ2v) is 5.66. The highest BCUT2D eigenvalue weighted by molar-refractivity contribution is 5.80. The first-order chi connectivity index (χ1) is 12.6. The number of hydrogen-bond acceptors (Lipinski definition) is 4. The summed E-state index contributed by atoms with van der Waals surface area (Å²) >= 11 is 0. The van der Waals surface area contributed by atoms with Crippen molar-refractivity contribution in [2.45, 2.75) is 32.9 Å². The van der Waals surface area contributed by atoms with Crippen molar-refractivity contribution in [2.24, 2.45) is 0 Å². The molecule has 0 atom stereocenters. The quantitative estimate of drug-likeness (QED) is 0.682. The van der Waals surface area contributed by atoms with E-state index in [0.29, 0.717) is 31.3 Å². The van der Waals surface area contributed by atoms with Gasteiger partial charge in [0.1, 0.15) is 6.61 Å². The second-order valence-electron chi connectivity index (χ2n) is 5.66. The number of ether oxygens (including phenoxy) is 2. The van der Waals surface area contributed by atoms with Gasteiger partial charge in [-0.05, 0) is 30.2 Å². The number of amides is 1. The lowest BCUT2D eigenvalue weighted by atomic mass is 10.2. The summed E-state index contributed by atoms with van der Waals surface area (Å²) in [6.45, 7) is 3.13. The lowest BCUT2D eigenvalue weighted by Gasteiger charge is -2.14. The van der Waals surface area contributed by atoms with Crippen molar-refractivity contribution in [3.63, 3.8) is 0 Å². The molecule has 0 bridgehead atoms. The summed E-state index contributed by atoms with van der Waals surface area (Å²) in [6.07, 6.45) is -0.214. The first kappa shape index (κ1) is 19.3. The van der Waals surface area contributed by atoms with E-state index in [1.165, 1.54) is 0 Å². The SMILES string of the molecule is CCOc1cc(CNC(=O)CCC(=O)O)ccc1OCc1ccccc1. The molecule has 2 aromatic rings. The molecule has 0 heterocycles. The van der Waals surface area contributed by atoms with Gasteiger partial charge in [-0.1, -0.05) is 36.4 Å². The van der Waals surface area contributed by atoms with Gasteiger partial charge in [0.05, 0.1) is 13.0 Å². The molecule has 6 heteroatoms. The number of rotatable bonds is 10. The van der Waals surface area contributed by atoms with Gasteiger partial charge in [-0.2, -0.15) is 0 Å². The monoisotopic (exact) mass is 357 g/mol. The molecule has 2 aromatic carbocycles. The standard InChI is InChI=1S/C20H23NO5/c1-2-25-18-12-16(13-21-19(22)10-11-20(23)24)8-9-17(18)26-14-15-6-4-3-5-7-15/h3-9,12H,2,10-11,13-14H2,1H3,(H,21,22)(H,23,24). The van der Waals surface area contributed by atoms with Gasteiger partial charge in [-0.3, -0.25) is 9.59 Å². The average molecular weight is 357 g/mol. The van der Waals surface area contributed by atoms with E-state index in [1.807, 2.05) is 55.5 Å². The maximum Gasteiger partial charge on any atom is 0.303 e. The molecule has 2 rings (SSSR count). The number of carboxylic acid groups (broad SMARTS) is 1. The molecular weight excluding hydrogens is 334 g/mol. The van der Waals surface area contributed by atoms with Crippen LogP contribution in [0.15, 0.2) is 48.5 Å². The average Bonchev–Trinajstić information content (AvgIpc) is 2.65. The Hall–Kier alpha value is -3.02. The van der Waals surface area contributed by atoms with E-state index in [4.69, 9.17) is 14.6 Å². The van der Waals surface area contributed by atoms with Crippen LogP contribution in [0.4, 0.5) is 0 Å². The molecule has 0 aliphatic rings. The Kier molecular flexibility index (Phi) is 7.49. The summed E-state index contributed by atoms with van der Waals surface area (Å²) in [5.41, 5.74) is 1.91. The third kappa shape index (κ3) is 6.47. The number of hydrogen-bond donors (Lipinski definition) is 2. The highest BCUT2D eigenvalue weighted by Crippen LogP contribution is 2.29. The van der Waals surface area contributed by atoms with Crippen molar-refractivity contribution in [3.8, 4) is 11.5 Å². The molecule has 2 N–H and O–H groups in total. The topological polar surface area (TPSA) is 84.9 Å². The van der Waals surface area contributed by atoms with E-state index < -0.39 is 5.97 Å². The Labute approximate surface area is 152 Å². The lowest BCUT2D eigenvalue weighted by molar-refractivity contribution is -0.138. The molecule has 0 saturated heterocycles. The largest absolute Gasteiger partial charge is 0.490 e. The van der Waals surface area contributed by atoms with E-state index >= 15 is 0 Å². The van der Waals surface area contributed by atoms with Gasteiger partial charge in [0.25, 0.3) is 0 Å². The fourth-order valence-electron chi connectivity index (χ4n) is 2.29. The van der Waals surface area contributed by atoms with E-state index in [2.05, 4.69) is 5.32 Å². The molecule has 0 fully saturated rings. The van der Waals surface area contributed by atoms with Crippen molar-refractivity contribution in [3.05, 3.63) is 59.7 Å². The molecule has 1 amide bonds. The number of carbonyl (C=O) groups is 2. The van der Waals surface area contributed by atoms with Crippen LogP contribution in [0.5, 0.6) is 11.5 Å². The molecule has 0 aliphatic carbocycles. The van der Waals surface area contributed by atoms with Gasteiger partial charge >= 0.3 is 5.97 Å². The normalized spacial score (nSPS) is 10.2. The number of benzene rings is 2. The number of aliphatic carboxylic acids is 1. The van der Waals surface area contributed by atoms with Crippen molar-refractivity contribution in [2.75, 3.05) is 6.61 Å². The van der Waals surface area contributed by atoms with Crippen LogP contribution >= 0.6 is 0 Å². The zero-order valence-corrected chi connectivity index (χ0v) is 14.7. The number of carboxylic acids is 1. The van der Waals surface area contributed by atoms with Gasteiger partial charge in [0.15, 0.2) is 11.5 Å². The van der Waals surface area contributed by atoms with E-state index in [9.17, 15) is 9.59 Å². The van der Waals surface area contributed by atoms with Gasteiger partial charge in [0.2, 0.25) is 5.91 Å². The predicted molar refractivity (Wildman–Crippen MR) is 97.1 cm³/mol. The Morgan fingerprint density at radius 3 is 2.42 bits per heavy atom. The third-order valence-corrected chi connectivity index (χ3v) is 3.60. The molecule has 138 valence electrons. The number of nitrogens with one attached hydrogen (secondary N) is 1. The van der Waals surface area contributed by atoms with Gasteiger partial charge < -0.3 is 19.9 Å². The van der Waals surface area contributed by atoms with Crippen LogP contribution < -0.4 is 14.8 Å². The summed E-state index contributed by atoms with van der Waals surface area (Å²) in [5, 5.41) is 11.3. The maximum absolute atomic E-state index is 11.6. The summed E-state index contributed by atoms with van der Waals surface area (Å²) in [6, 6.07) is 15.3. The van der Waals surface area contributed by atoms with Crippen LogP contribution in [0.1, 0.15) is 30.9 Å². The highest BCUT2D eigenvalue weighted by Gasteiger charge is 2.09. The summed E-state index contributed by atoms with van der Waals surface area (Å²) in [7, 11) is 0. The first-order valence-electron chi connectivity index (χ1n) is 8.49. The highest BCUT2D eigenvalue weighted by atomic mass is 16.5. The Morgan fingerprint density at radius 1 is 0.962 bits per heavy atom. The molecule has 0 unspecified atom stereocenters. The zero-order valence-electron chi connectivity index (χ0n) is 14.7. The first-order valence-corrected chi connectivity index (χ1v) is 8.49. The minimum atomic E-state index is -0.987. The summed E-state index contributed by atoms with van der Waals surface area (Å²) in [5.74, 6) is -0.0363. The molecular formula is C20H23NO5. The van der Waals surface area contributed by atoms with Crippen LogP contribution in [0.2, 0.25) is 0 Å². The maximum atomic E-state index is 11.6. The smallest absolute Gasteiger partial charge is 0.303 e. The van der Waals surface area contributed by atoms with Crippen LogP contribution in [-0.4, -0.2) is 23.6 Å². The third-order valence-electron chi connectivity index (χ3n) is 3.60. The van der Waals surface area contributed by atoms with Crippen LogP contribution in [0.25, 0.3) is 0 Å². The van der Waals surface area contributed by atoms with Crippen LogP contribution in [-0.2, 0) is 22.7 Å². The van der Waals surface area contributed by atoms with Crippen molar-refractivity contribution in [1.82, 2.24) is 5.32 Å². The molecule has 0 aromatic heterocycles. The lowest BCUT2D eigenvalue weighted by Crippen LogP contribution is -2.23. The summed E-state index contributed by atoms with van der Waals surface area (Å²) in [4.78, 5) is 22.1. The second kappa shape index (κ2) is 10.1. The van der Waals surface area contributed by atoms with Gasteiger partial charge in [-0.25, -0.2) is 0 Å². The van der Waals surface area contributed by atoms with Crippen molar-refractivity contribution >= 4 is 11.9 Å². The Morgan fingerprint density at radius 2 is 1.73 bits per heavy atom. The molecule has 0 aliphatic heterocycles. The fraction of sp³-hybridized carbons (Fsp3) is 0.300. The predicted octanol–water partition coefficient (Wildman–Crippen LogP) is 3.15. The van der Waals surface area contributed by atoms with E-state index in [1.54, 1.807) is 0 Å². The minimum absolute atomic E-state index is 0.0358. The van der Waals surface area contributed by atoms with Crippen molar-refractivity contribution < 1.29 is 24.2 Å². The molecule has 0 spiro atoms. The number of carbonyl (C=O) groups excluding carboxylic acids is 1. The molecule has 0 radical (unpaired) electrons. The van der Waals surface area contributed by atoms with Crippen molar-refractivity contribution in [1.29, 1.82) is 0 Å². The van der Waals surface area contributed by atoms with E-state index in [0.717, 1.165) is 11.1 Å². The fourth-order valence-corrected chi connectivity index (χ4v) is 2.29. The van der Waals surface area contributed by atoms with Gasteiger partial charge in [0, 0.05) is 13.0 Å².